The van der Waals surface area contributed by atoms with E-state index in [4.69, 9.17) is 16.2 Å². The predicted molar refractivity (Wildman–Crippen MR) is 83.7 cm³/mol. The van der Waals surface area contributed by atoms with Gasteiger partial charge in [-0.25, -0.2) is 0 Å². The van der Waals surface area contributed by atoms with Gasteiger partial charge in [0.2, 0.25) is 0 Å². The third kappa shape index (κ3) is 5.72. The van der Waals surface area contributed by atoms with Gasteiger partial charge in [0.1, 0.15) is 0 Å². The van der Waals surface area contributed by atoms with E-state index < -0.39 is 0 Å². The van der Waals surface area contributed by atoms with Crippen molar-refractivity contribution in [2.24, 2.45) is 11.1 Å². The number of nitrogens with zero attached hydrogens (tertiary/aromatic N) is 1. The number of nitrogens with one attached hydrogen (secondary N) is 1. The van der Waals surface area contributed by atoms with Crippen LogP contribution < -0.4 is 5.73 Å². The highest BCUT2D eigenvalue weighted by Crippen LogP contribution is 2.22. The van der Waals surface area contributed by atoms with Gasteiger partial charge in [0.25, 0.3) is 0 Å². The molecule has 4 heteroatoms. The van der Waals surface area contributed by atoms with Gasteiger partial charge >= 0.3 is 0 Å². The van der Waals surface area contributed by atoms with Crippen LogP contribution in [0.3, 0.4) is 0 Å². The summed E-state index contributed by atoms with van der Waals surface area (Å²) in [6, 6.07) is 10.3. The molecular weight excluding hydrogens is 250 g/mol. The topological polar surface area (TPSA) is 73.3 Å². The Balaban J connectivity index is 2.45. The number of hydrogen-bond acceptors (Lipinski definition) is 3. The first-order valence-corrected chi connectivity index (χ1v) is 7.17. The van der Waals surface area contributed by atoms with Crippen LogP contribution in [-0.4, -0.2) is 35.5 Å². The first-order valence-electron chi connectivity index (χ1n) is 7.17. The Kier molecular flexibility index (Phi) is 6.68. The van der Waals surface area contributed by atoms with Crippen molar-refractivity contribution in [3.63, 3.8) is 0 Å². The van der Waals surface area contributed by atoms with Crippen LogP contribution in [0.4, 0.5) is 0 Å². The molecule has 1 aromatic carbocycles. The minimum absolute atomic E-state index is 0.170. The summed E-state index contributed by atoms with van der Waals surface area (Å²) in [5.41, 5.74) is 6.62. The Morgan fingerprint density at radius 2 is 1.90 bits per heavy atom. The Morgan fingerprint density at radius 3 is 2.45 bits per heavy atom. The van der Waals surface area contributed by atoms with Gasteiger partial charge in [0.15, 0.2) is 0 Å². The molecule has 0 heterocycles. The zero-order chi connectivity index (χ0) is 15.0. The van der Waals surface area contributed by atoms with Crippen molar-refractivity contribution in [2.75, 3.05) is 19.7 Å². The minimum Gasteiger partial charge on any atom is -0.395 e. The summed E-state index contributed by atoms with van der Waals surface area (Å²) in [6.45, 7) is 6.61. The fourth-order valence-corrected chi connectivity index (χ4v) is 2.13. The Hall–Kier alpha value is -1.39. The molecular formula is C16H27N3O. The van der Waals surface area contributed by atoms with Crippen molar-refractivity contribution in [1.82, 2.24) is 4.90 Å². The van der Waals surface area contributed by atoms with Crippen LogP contribution in [0.2, 0.25) is 0 Å². The highest BCUT2D eigenvalue weighted by Gasteiger charge is 2.21. The molecule has 20 heavy (non-hydrogen) atoms. The van der Waals surface area contributed by atoms with Crippen LogP contribution in [0.15, 0.2) is 30.3 Å². The number of aliphatic hydroxyl groups is 1. The molecule has 0 aromatic heterocycles. The lowest BCUT2D eigenvalue weighted by atomic mass is 9.86. The summed E-state index contributed by atoms with van der Waals surface area (Å²) in [4.78, 5) is 2.24. The molecule has 1 rings (SSSR count). The second-order valence-corrected chi connectivity index (χ2v) is 5.89. The molecule has 0 fully saturated rings. The van der Waals surface area contributed by atoms with Crippen LogP contribution in [0, 0.1) is 10.8 Å². The molecule has 0 spiro atoms. The molecule has 0 saturated heterocycles. The van der Waals surface area contributed by atoms with Crippen molar-refractivity contribution in [2.45, 2.75) is 33.2 Å². The molecule has 0 radical (unpaired) electrons. The maximum Gasteiger partial charge on any atom is 0.0963 e. The van der Waals surface area contributed by atoms with Gasteiger partial charge in [0, 0.05) is 18.5 Å². The fourth-order valence-electron chi connectivity index (χ4n) is 2.13. The van der Waals surface area contributed by atoms with Gasteiger partial charge in [-0.1, -0.05) is 44.2 Å². The largest absolute Gasteiger partial charge is 0.395 e. The van der Waals surface area contributed by atoms with Gasteiger partial charge in [-0.05, 0) is 24.9 Å². The van der Waals surface area contributed by atoms with Crippen LogP contribution in [0.1, 0.15) is 32.3 Å². The Morgan fingerprint density at radius 1 is 1.25 bits per heavy atom. The third-order valence-corrected chi connectivity index (χ3v) is 3.67. The summed E-state index contributed by atoms with van der Waals surface area (Å²) in [6.07, 6.45) is 1.86. The average Bonchev–Trinajstić information content (AvgIpc) is 2.39. The van der Waals surface area contributed by atoms with Crippen molar-refractivity contribution < 1.29 is 5.11 Å². The van der Waals surface area contributed by atoms with Crippen LogP contribution in [-0.2, 0) is 6.54 Å². The maximum atomic E-state index is 9.17. The predicted octanol–water partition coefficient (Wildman–Crippen LogP) is 2.22. The van der Waals surface area contributed by atoms with E-state index in [1.165, 1.54) is 5.56 Å². The SMILES string of the molecule is CC(C)(CCCN(CCO)Cc1ccccc1)C(=N)N. The number of benzene rings is 1. The van der Waals surface area contributed by atoms with Crippen molar-refractivity contribution in [1.29, 1.82) is 5.41 Å². The smallest absolute Gasteiger partial charge is 0.0963 e. The lowest BCUT2D eigenvalue weighted by molar-refractivity contribution is 0.184. The molecule has 112 valence electrons. The van der Waals surface area contributed by atoms with E-state index in [0.717, 1.165) is 25.9 Å². The average molecular weight is 277 g/mol. The summed E-state index contributed by atoms with van der Waals surface area (Å²) in [7, 11) is 0. The molecule has 4 N–H and O–H groups in total. The van der Waals surface area contributed by atoms with Gasteiger partial charge in [-0.15, -0.1) is 0 Å². The first kappa shape index (κ1) is 16.7. The van der Waals surface area contributed by atoms with Crippen molar-refractivity contribution in [3.05, 3.63) is 35.9 Å². The summed E-state index contributed by atoms with van der Waals surface area (Å²) in [5.74, 6) is 0.245. The number of nitrogens with two attached hydrogens (primary N) is 1. The monoisotopic (exact) mass is 277 g/mol. The van der Waals surface area contributed by atoms with E-state index in [0.29, 0.717) is 6.54 Å². The second-order valence-electron chi connectivity index (χ2n) is 5.89. The highest BCUT2D eigenvalue weighted by molar-refractivity contribution is 5.82. The van der Waals surface area contributed by atoms with E-state index in [2.05, 4.69) is 17.0 Å². The number of rotatable bonds is 9. The van der Waals surface area contributed by atoms with Gasteiger partial charge in [-0.2, -0.15) is 0 Å². The lowest BCUT2D eigenvalue weighted by Crippen LogP contribution is -2.33. The third-order valence-electron chi connectivity index (χ3n) is 3.67. The summed E-state index contributed by atoms with van der Waals surface area (Å²) >= 11 is 0. The molecule has 0 bridgehead atoms. The molecule has 0 aliphatic rings. The molecule has 4 nitrogen and oxygen atoms in total. The molecule has 0 aliphatic carbocycles. The first-order chi connectivity index (χ1) is 9.45. The van der Waals surface area contributed by atoms with Gasteiger partial charge in [-0.3, -0.25) is 10.3 Å². The number of aliphatic hydroxyl groups excluding tert-OH is 1. The van der Waals surface area contributed by atoms with Crippen LogP contribution in [0.5, 0.6) is 0 Å². The highest BCUT2D eigenvalue weighted by atomic mass is 16.3. The van der Waals surface area contributed by atoms with Gasteiger partial charge < -0.3 is 10.8 Å². The zero-order valence-corrected chi connectivity index (χ0v) is 12.6. The Labute approximate surface area is 122 Å². The van der Waals surface area contributed by atoms with E-state index in [-0.39, 0.29) is 17.9 Å². The summed E-state index contributed by atoms with van der Waals surface area (Å²) < 4.78 is 0. The van der Waals surface area contributed by atoms with E-state index in [1.807, 2.05) is 32.0 Å². The Bertz CT molecular complexity index is 403. The van der Waals surface area contributed by atoms with Crippen LogP contribution in [0.25, 0.3) is 0 Å². The van der Waals surface area contributed by atoms with Crippen molar-refractivity contribution >= 4 is 5.84 Å². The molecule has 1 aromatic rings. The second kappa shape index (κ2) is 8.02. The number of hydrogen-bond donors (Lipinski definition) is 3. The number of amidine groups is 1. The maximum absolute atomic E-state index is 9.17. The summed E-state index contributed by atoms with van der Waals surface area (Å²) in [5, 5.41) is 16.7. The van der Waals surface area contributed by atoms with Crippen LogP contribution >= 0.6 is 0 Å². The quantitative estimate of drug-likeness (QED) is 0.478. The molecule has 0 atom stereocenters. The molecule has 0 aliphatic heterocycles. The van der Waals surface area contributed by atoms with E-state index >= 15 is 0 Å². The van der Waals surface area contributed by atoms with Crippen molar-refractivity contribution in [3.8, 4) is 0 Å². The van der Waals surface area contributed by atoms with E-state index in [9.17, 15) is 0 Å². The fraction of sp³-hybridized carbons (Fsp3) is 0.562. The molecule has 0 saturated carbocycles. The van der Waals surface area contributed by atoms with E-state index in [1.54, 1.807) is 0 Å². The normalized spacial score (nSPS) is 11.8. The van der Waals surface area contributed by atoms with Gasteiger partial charge in [0.05, 0.1) is 12.4 Å². The lowest BCUT2D eigenvalue weighted by Gasteiger charge is -2.26. The minimum atomic E-state index is -0.238. The molecule has 0 amide bonds. The zero-order valence-electron chi connectivity index (χ0n) is 12.6. The molecule has 0 unspecified atom stereocenters. The standard InChI is InChI=1S/C16H27N3O/c1-16(2,15(17)18)9-6-10-19(11-12-20)13-14-7-4-3-5-8-14/h3-5,7-8,20H,6,9-13H2,1-2H3,(H3,17,18).